The topological polar surface area (TPSA) is 70.6 Å². The van der Waals surface area contributed by atoms with E-state index in [0.29, 0.717) is 18.0 Å². The molecule has 2 unspecified atom stereocenters. The van der Waals surface area contributed by atoms with Crippen LogP contribution in [-0.2, 0) is 4.74 Å². The Bertz CT molecular complexity index is 484. The van der Waals surface area contributed by atoms with Gasteiger partial charge in [-0.15, -0.1) is 0 Å². The highest BCUT2D eigenvalue weighted by Crippen LogP contribution is 2.24. The molecule has 0 aliphatic carbocycles. The normalized spacial score (nSPS) is 15.0. The molecule has 1 aromatic carbocycles. The van der Waals surface area contributed by atoms with Crippen LogP contribution in [0.5, 0.6) is 0 Å². The van der Waals surface area contributed by atoms with Crippen LogP contribution >= 0.6 is 11.6 Å². The van der Waals surface area contributed by atoms with E-state index in [0.717, 1.165) is 12.0 Å². The summed E-state index contributed by atoms with van der Waals surface area (Å²) >= 11 is 6.15. The van der Waals surface area contributed by atoms with E-state index in [2.05, 4.69) is 10.6 Å². The van der Waals surface area contributed by atoms with Gasteiger partial charge in [0, 0.05) is 36.4 Å². The van der Waals surface area contributed by atoms with Gasteiger partial charge in [0.25, 0.3) is 0 Å². The van der Waals surface area contributed by atoms with Gasteiger partial charge in [-0.05, 0) is 25.8 Å². The zero-order chi connectivity index (χ0) is 16.6. The average molecular weight is 329 g/mol. The smallest absolute Gasteiger partial charge is 0.315 e. The lowest BCUT2D eigenvalue weighted by molar-refractivity contribution is 0.103. The van der Waals surface area contributed by atoms with E-state index in [1.54, 1.807) is 13.2 Å². The predicted molar refractivity (Wildman–Crippen MR) is 88.1 cm³/mol. The lowest BCUT2D eigenvalue weighted by atomic mass is 9.95. The highest BCUT2D eigenvalue weighted by atomic mass is 35.5. The number of hydrogen-bond acceptors (Lipinski definition) is 3. The number of hydrogen-bond donors (Lipinski definition) is 3. The molecule has 1 rings (SSSR count). The maximum Gasteiger partial charge on any atom is 0.315 e. The van der Waals surface area contributed by atoms with Crippen molar-refractivity contribution in [2.45, 2.75) is 38.3 Å². The van der Waals surface area contributed by atoms with Crippen LogP contribution in [0.25, 0.3) is 0 Å². The Morgan fingerprint density at radius 2 is 2.14 bits per heavy atom. The first kappa shape index (κ1) is 18.7. The first-order valence-electron chi connectivity index (χ1n) is 7.40. The van der Waals surface area contributed by atoms with Gasteiger partial charge in [0.1, 0.15) is 6.10 Å². The van der Waals surface area contributed by atoms with Crippen molar-refractivity contribution in [3.8, 4) is 0 Å². The largest absolute Gasteiger partial charge is 0.396 e. The summed E-state index contributed by atoms with van der Waals surface area (Å²) in [7, 11) is 1.58. The Balaban J connectivity index is 2.60. The van der Waals surface area contributed by atoms with Gasteiger partial charge >= 0.3 is 6.03 Å². The molecule has 0 spiro atoms. The minimum absolute atomic E-state index is 0.0327. The molecule has 0 aliphatic rings. The van der Waals surface area contributed by atoms with Gasteiger partial charge in [0.2, 0.25) is 0 Å². The minimum atomic E-state index is -0.425. The highest BCUT2D eigenvalue weighted by molar-refractivity contribution is 6.31. The summed E-state index contributed by atoms with van der Waals surface area (Å²) in [4.78, 5) is 12.0. The third-order valence-corrected chi connectivity index (χ3v) is 4.19. The lowest BCUT2D eigenvalue weighted by Gasteiger charge is -2.29. The van der Waals surface area contributed by atoms with Crippen LogP contribution < -0.4 is 10.6 Å². The van der Waals surface area contributed by atoms with E-state index >= 15 is 0 Å². The van der Waals surface area contributed by atoms with Crippen LogP contribution in [0.15, 0.2) is 24.3 Å². The van der Waals surface area contributed by atoms with Gasteiger partial charge in [-0.3, -0.25) is 0 Å². The van der Waals surface area contributed by atoms with Gasteiger partial charge < -0.3 is 20.5 Å². The first-order valence-corrected chi connectivity index (χ1v) is 7.77. The number of rotatable bonds is 8. The molecule has 0 saturated carbocycles. The van der Waals surface area contributed by atoms with Crippen molar-refractivity contribution in [1.82, 2.24) is 10.6 Å². The van der Waals surface area contributed by atoms with E-state index in [4.69, 9.17) is 21.4 Å². The van der Waals surface area contributed by atoms with Gasteiger partial charge in [0.05, 0.1) is 0 Å². The fourth-order valence-electron chi connectivity index (χ4n) is 2.13. The molecule has 2 atom stereocenters. The molecule has 0 radical (unpaired) electrons. The van der Waals surface area contributed by atoms with Crippen molar-refractivity contribution >= 4 is 17.6 Å². The second-order valence-corrected chi connectivity index (χ2v) is 5.88. The number of amides is 2. The lowest BCUT2D eigenvalue weighted by Crippen LogP contribution is -2.51. The van der Waals surface area contributed by atoms with Crippen molar-refractivity contribution in [3.05, 3.63) is 34.9 Å². The number of carbonyl (C=O) groups excluding carboxylic acids is 1. The zero-order valence-corrected chi connectivity index (χ0v) is 14.1. The number of benzene rings is 1. The number of methoxy groups -OCH3 is 1. The highest BCUT2D eigenvalue weighted by Gasteiger charge is 2.24. The molecule has 0 heterocycles. The Morgan fingerprint density at radius 1 is 1.45 bits per heavy atom. The molecule has 2 amide bonds. The molecular weight excluding hydrogens is 304 g/mol. The standard InChI is InChI=1S/C16H25ClN2O3/c1-4-16(2,9-10-20)19-15(21)18-11-14(22-3)12-7-5-6-8-13(12)17/h5-8,14,20H,4,9-11H2,1-3H3,(H2,18,19,21). The molecule has 1 aromatic rings. The molecule has 0 aromatic heterocycles. The molecule has 0 aliphatic heterocycles. The molecule has 124 valence electrons. The number of nitrogens with one attached hydrogen (secondary N) is 2. The maximum absolute atomic E-state index is 12.0. The van der Waals surface area contributed by atoms with Crippen LogP contribution in [0, 0.1) is 0 Å². The summed E-state index contributed by atoms with van der Waals surface area (Å²) in [6, 6.07) is 7.10. The second-order valence-electron chi connectivity index (χ2n) is 5.47. The third kappa shape index (κ3) is 5.48. The van der Waals surface area contributed by atoms with Gasteiger partial charge in [-0.25, -0.2) is 4.79 Å². The van der Waals surface area contributed by atoms with E-state index < -0.39 is 5.54 Å². The Kier molecular flexibility index (Phi) is 7.65. The third-order valence-electron chi connectivity index (χ3n) is 3.84. The number of halogens is 1. The summed E-state index contributed by atoms with van der Waals surface area (Å²) in [5, 5.41) is 15.4. The molecule has 22 heavy (non-hydrogen) atoms. The number of carbonyl (C=O) groups is 1. The van der Waals surface area contributed by atoms with Gasteiger partial charge in [0.15, 0.2) is 0 Å². The molecule has 0 bridgehead atoms. The van der Waals surface area contributed by atoms with E-state index in [1.807, 2.05) is 32.0 Å². The average Bonchev–Trinajstić information content (AvgIpc) is 2.49. The number of ether oxygens (including phenoxy) is 1. The first-order chi connectivity index (χ1) is 10.5. The molecule has 3 N–H and O–H groups in total. The summed E-state index contributed by atoms with van der Waals surface area (Å²) in [6.07, 6.45) is 0.930. The molecule has 0 saturated heterocycles. The predicted octanol–water partition coefficient (Wildman–Crippen LogP) is 2.88. The Labute approximate surface area is 137 Å². The SMILES string of the molecule is CCC(C)(CCO)NC(=O)NCC(OC)c1ccccc1Cl. The minimum Gasteiger partial charge on any atom is -0.396 e. The molecular formula is C16H25ClN2O3. The summed E-state index contributed by atoms with van der Waals surface area (Å²) in [5.41, 5.74) is 0.409. The van der Waals surface area contributed by atoms with Crippen LogP contribution in [0.1, 0.15) is 38.4 Å². The van der Waals surface area contributed by atoms with Crippen LogP contribution in [-0.4, -0.2) is 36.9 Å². The quantitative estimate of drug-likeness (QED) is 0.687. The van der Waals surface area contributed by atoms with Gasteiger partial charge in [-0.1, -0.05) is 36.7 Å². The van der Waals surface area contributed by atoms with Crippen LogP contribution in [0.3, 0.4) is 0 Å². The Hall–Kier alpha value is -1.30. The van der Waals surface area contributed by atoms with E-state index in [9.17, 15) is 4.79 Å². The van der Waals surface area contributed by atoms with Gasteiger partial charge in [-0.2, -0.15) is 0 Å². The van der Waals surface area contributed by atoms with E-state index in [-0.39, 0.29) is 18.7 Å². The fourth-order valence-corrected chi connectivity index (χ4v) is 2.39. The number of aliphatic hydroxyl groups is 1. The zero-order valence-electron chi connectivity index (χ0n) is 13.4. The maximum atomic E-state index is 12.0. The van der Waals surface area contributed by atoms with E-state index in [1.165, 1.54) is 0 Å². The summed E-state index contributed by atoms with van der Waals surface area (Å²) in [5.74, 6) is 0. The van der Waals surface area contributed by atoms with Crippen molar-refractivity contribution in [2.24, 2.45) is 0 Å². The molecule has 5 nitrogen and oxygen atoms in total. The summed E-state index contributed by atoms with van der Waals surface area (Å²) in [6.45, 7) is 4.22. The molecule has 6 heteroatoms. The number of aliphatic hydroxyl groups excluding tert-OH is 1. The summed E-state index contributed by atoms with van der Waals surface area (Å²) < 4.78 is 5.40. The van der Waals surface area contributed by atoms with Crippen LogP contribution in [0.2, 0.25) is 5.02 Å². The Morgan fingerprint density at radius 3 is 2.68 bits per heavy atom. The van der Waals surface area contributed by atoms with Crippen LogP contribution in [0.4, 0.5) is 4.79 Å². The van der Waals surface area contributed by atoms with Crippen molar-refractivity contribution in [1.29, 1.82) is 0 Å². The fraction of sp³-hybridized carbons (Fsp3) is 0.562. The molecule has 0 fully saturated rings. The monoisotopic (exact) mass is 328 g/mol. The van der Waals surface area contributed by atoms with Crippen molar-refractivity contribution in [2.75, 3.05) is 20.3 Å². The number of urea groups is 1. The second kappa shape index (κ2) is 8.98. The van der Waals surface area contributed by atoms with Crippen molar-refractivity contribution in [3.63, 3.8) is 0 Å². The van der Waals surface area contributed by atoms with Crippen molar-refractivity contribution < 1.29 is 14.6 Å².